The number of aliphatic hydroxyl groups is 1. The second-order valence-corrected chi connectivity index (χ2v) is 5.48. The fourth-order valence-electron chi connectivity index (χ4n) is 1.50. The third kappa shape index (κ3) is 2.42. The van der Waals surface area contributed by atoms with Crippen LogP contribution in [0, 0.1) is 13.8 Å². The molecule has 0 spiro atoms. The fraction of sp³-hybridized carbons (Fsp3) is 0.667. The molecule has 0 aliphatic rings. The quantitative estimate of drug-likeness (QED) is 0.765. The summed E-state index contributed by atoms with van der Waals surface area (Å²) in [6.45, 7) is 4.69. The van der Waals surface area contributed by atoms with Gasteiger partial charge >= 0.3 is 0 Å². The van der Waals surface area contributed by atoms with E-state index in [2.05, 4.69) is 9.82 Å². The molecule has 7 heteroatoms. The van der Waals surface area contributed by atoms with E-state index in [-0.39, 0.29) is 11.5 Å². The Bertz CT molecular complexity index is 478. The summed E-state index contributed by atoms with van der Waals surface area (Å²) in [6, 6.07) is -0.510. The van der Waals surface area contributed by atoms with E-state index in [0.29, 0.717) is 11.4 Å². The lowest BCUT2D eigenvalue weighted by molar-refractivity contribution is 0.265. The van der Waals surface area contributed by atoms with Crippen molar-refractivity contribution in [3.63, 3.8) is 0 Å². The van der Waals surface area contributed by atoms with Crippen LogP contribution in [0.25, 0.3) is 0 Å². The Labute approximate surface area is 95.3 Å². The molecule has 0 saturated heterocycles. The summed E-state index contributed by atoms with van der Waals surface area (Å²) in [4.78, 5) is 0.190. The number of nitrogens with zero attached hydrogens (tertiary/aromatic N) is 2. The highest BCUT2D eigenvalue weighted by Gasteiger charge is 2.24. The van der Waals surface area contributed by atoms with E-state index in [1.54, 1.807) is 27.8 Å². The number of aryl methyl sites for hydroxylation is 2. The molecule has 1 rings (SSSR count). The highest BCUT2D eigenvalue weighted by Crippen LogP contribution is 2.18. The smallest absolute Gasteiger partial charge is 0.244 e. The van der Waals surface area contributed by atoms with E-state index in [0.717, 1.165) is 0 Å². The first-order chi connectivity index (χ1) is 7.29. The second-order valence-electron chi connectivity index (χ2n) is 3.83. The molecule has 0 saturated carbocycles. The van der Waals surface area contributed by atoms with Crippen molar-refractivity contribution in [1.82, 2.24) is 14.5 Å². The standard InChI is InChI=1S/C9H17N3O3S/c1-6(5-13)11-16(14,15)9-7(2)10-12(4)8(9)3/h6,11,13H,5H2,1-4H3/t6-/m1/s1. The average molecular weight is 247 g/mol. The average Bonchev–Trinajstić information content (AvgIpc) is 2.40. The molecule has 1 aromatic rings. The molecule has 16 heavy (non-hydrogen) atoms. The highest BCUT2D eigenvalue weighted by molar-refractivity contribution is 7.89. The first kappa shape index (κ1) is 13.1. The van der Waals surface area contributed by atoms with Gasteiger partial charge in [0.15, 0.2) is 0 Å². The van der Waals surface area contributed by atoms with Gasteiger partial charge in [0.2, 0.25) is 10.0 Å². The molecule has 2 N–H and O–H groups in total. The van der Waals surface area contributed by atoms with Gasteiger partial charge < -0.3 is 5.11 Å². The van der Waals surface area contributed by atoms with Crippen molar-refractivity contribution >= 4 is 10.0 Å². The maximum absolute atomic E-state index is 12.0. The van der Waals surface area contributed by atoms with Crippen LogP contribution < -0.4 is 4.72 Å². The van der Waals surface area contributed by atoms with Crippen LogP contribution in [-0.4, -0.2) is 36.0 Å². The summed E-state index contributed by atoms with van der Waals surface area (Å²) in [6.07, 6.45) is 0. The molecular weight excluding hydrogens is 230 g/mol. The summed E-state index contributed by atoms with van der Waals surface area (Å²) in [7, 11) is -1.91. The van der Waals surface area contributed by atoms with E-state index in [1.807, 2.05) is 0 Å². The minimum atomic E-state index is -3.61. The van der Waals surface area contributed by atoms with Crippen molar-refractivity contribution in [1.29, 1.82) is 0 Å². The summed E-state index contributed by atoms with van der Waals surface area (Å²) in [5.74, 6) is 0. The molecule has 0 unspecified atom stereocenters. The van der Waals surface area contributed by atoms with E-state index in [4.69, 9.17) is 5.11 Å². The monoisotopic (exact) mass is 247 g/mol. The van der Waals surface area contributed by atoms with E-state index in [1.165, 1.54) is 4.68 Å². The molecule has 6 nitrogen and oxygen atoms in total. The Hall–Kier alpha value is -0.920. The number of rotatable bonds is 4. The van der Waals surface area contributed by atoms with Gasteiger partial charge in [-0.3, -0.25) is 4.68 Å². The summed E-state index contributed by atoms with van der Waals surface area (Å²) < 4.78 is 27.9. The summed E-state index contributed by atoms with van der Waals surface area (Å²) in [5, 5.41) is 12.9. The third-order valence-corrected chi connectivity index (χ3v) is 4.18. The van der Waals surface area contributed by atoms with Crippen molar-refractivity contribution in [3.05, 3.63) is 11.4 Å². The Balaban J connectivity index is 3.17. The zero-order chi connectivity index (χ0) is 12.5. The molecular formula is C9H17N3O3S. The van der Waals surface area contributed by atoms with Gasteiger partial charge in [-0.1, -0.05) is 0 Å². The van der Waals surface area contributed by atoms with Crippen LogP contribution in [0.2, 0.25) is 0 Å². The number of hydrogen-bond donors (Lipinski definition) is 2. The van der Waals surface area contributed by atoms with Gasteiger partial charge in [-0.15, -0.1) is 0 Å². The van der Waals surface area contributed by atoms with Crippen LogP contribution in [0.5, 0.6) is 0 Å². The first-order valence-corrected chi connectivity index (χ1v) is 6.41. The van der Waals surface area contributed by atoms with Crippen molar-refractivity contribution in [2.45, 2.75) is 31.7 Å². The Morgan fingerprint density at radius 2 is 2.06 bits per heavy atom. The molecule has 0 radical (unpaired) electrons. The van der Waals surface area contributed by atoms with Crippen LogP contribution in [0.1, 0.15) is 18.3 Å². The maximum Gasteiger partial charge on any atom is 0.244 e. The largest absolute Gasteiger partial charge is 0.395 e. The SMILES string of the molecule is Cc1nn(C)c(C)c1S(=O)(=O)N[C@H](C)CO. The molecule has 1 aromatic heterocycles. The number of aromatic nitrogens is 2. The second kappa shape index (κ2) is 4.52. The van der Waals surface area contributed by atoms with Gasteiger partial charge in [-0.05, 0) is 20.8 Å². The number of aliphatic hydroxyl groups excluding tert-OH is 1. The minimum absolute atomic E-state index is 0.190. The molecule has 0 aliphatic heterocycles. The summed E-state index contributed by atoms with van der Waals surface area (Å²) >= 11 is 0. The first-order valence-electron chi connectivity index (χ1n) is 4.93. The van der Waals surface area contributed by atoms with E-state index < -0.39 is 16.1 Å². The lowest BCUT2D eigenvalue weighted by atomic mass is 10.4. The van der Waals surface area contributed by atoms with Gasteiger partial charge in [0.05, 0.1) is 18.0 Å². The number of hydrogen-bond acceptors (Lipinski definition) is 4. The Kier molecular flexibility index (Phi) is 3.72. The lowest BCUT2D eigenvalue weighted by Gasteiger charge is -2.11. The van der Waals surface area contributed by atoms with Crippen LogP contribution in [0.15, 0.2) is 4.90 Å². The topological polar surface area (TPSA) is 84.2 Å². The van der Waals surface area contributed by atoms with E-state index in [9.17, 15) is 8.42 Å². The van der Waals surface area contributed by atoms with Crippen LogP contribution >= 0.6 is 0 Å². The minimum Gasteiger partial charge on any atom is -0.395 e. The van der Waals surface area contributed by atoms with Crippen LogP contribution in [0.4, 0.5) is 0 Å². The molecule has 0 amide bonds. The third-order valence-electron chi connectivity index (χ3n) is 2.34. The Morgan fingerprint density at radius 3 is 2.44 bits per heavy atom. The van der Waals surface area contributed by atoms with Crippen molar-refractivity contribution in [3.8, 4) is 0 Å². The van der Waals surface area contributed by atoms with Crippen molar-refractivity contribution < 1.29 is 13.5 Å². The van der Waals surface area contributed by atoms with Gasteiger partial charge in [0.1, 0.15) is 4.90 Å². The van der Waals surface area contributed by atoms with Crippen molar-refractivity contribution in [2.24, 2.45) is 7.05 Å². The van der Waals surface area contributed by atoms with Gasteiger partial charge in [-0.2, -0.15) is 5.10 Å². The molecule has 0 bridgehead atoms. The normalized spacial score (nSPS) is 14.1. The van der Waals surface area contributed by atoms with Gasteiger partial charge in [0.25, 0.3) is 0 Å². The number of nitrogens with one attached hydrogen (secondary N) is 1. The number of sulfonamides is 1. The molecule has 92 valence electrons. The zero-order valence-electron chi connectivity index (χ0n) is 9.85. The van der Waals surface area contributed by atoms with Crippen molar-refractivity contribution in [2.75, 3.05) is 6.61 Å². The molecule has 1 atom stereocenters. The van der Waals surface area contributed by atoms with Gasteiger partial charge in [-0.25, -0.2) is 13.1 Å². The lowest BCUT2D eigenvalue weighted by Crippen LogP contribution is -2.35. The Morgan fingerprint density at radius 1 is 1.50 bits per heavy atom. The molecule has 0 aliphatic carbocycles. The predicted molar refractivity (Wildman–Crippen MR) is 59.6 cm³/mol. The van der Waals surface area contributed by atoms with Gasteiger partial charge in [0, 0.05) is 13.1 Å². The summed E-state index contributed by atoms with van der Waals surface area (Å²) in [5.41, 5.74) is 1.03. The maximum atomic E-state index is 12.0. The molecule has 0 aromatic carbocycles. The zero-order valence-corrected chi connectivity index (χ0v) is 10.7. The molecule has 1 heterocycles. The van der Waals surface area contributed by atoms with Crippen LogP contribution in [0.3, 0.4) is 0 Å². The van der Waals surface area contributed by atoms with E-state index >= 15 is 0 Å². The predicted octanol–water partition coefficient (Wildman–Crippen LogP) is -0.304. The fourth-order valence-corrected chi connectivity index (χ4v) is 3.18. The highest BCUT2D eigenvalue weighted by atomic mass is 32.2. The van der Waals surface area contributed by atoms with Crippen LogP contribution in [-0.2, 0) is 17.1 Å². The molecule has 0 fully saturated rings.